The zero-order chi connectivity index (χ0) is 8.48. The molecule has 1 aromatic carbocycles. The van der Waals surface area contributed by atoms with Gasteiger partial charge in [0, 0.05) is 0 Å². The van der Waals surface area contributed by atoms with Crippen LogP contribution >= 0.6 is 0 Å². The van der Waals surface area contributed by atoms with Crippen molar-refractivity contribution in [3.05, 3.63) is 29.8 Å². The molecule has 0 aliphatic heterocycles. The van der Waals surface area contributed by atoms with E-state index in [1.165, 1.54) is 5.56 Å². The molecule has 0 bridgehead atoms. The topological polar surface area (TPSA) is 23.1 Å². The summed E-state index contributed by atoms with van der Waals surface area (Å²) >= 11 is 0. The predicted molar refractivity (Wildman–Crippen MR) is 44.6 cm³/mol. The van der Waals surface area contributed by atoms with E-state index in [9.17, 15) is 5.11 Å². The Morgan fingerprint density at radius 1 is 1.00 bits per heavy atom. The average Bonchev–Trinajstić information content (AvgIpc) is 1.86. The fourth-order valence-electron chi connectivity index (χ4n) is 0.955. The van der Waals surface area contributed by atoms with E-state index >= 15 is 0 Å². The van der Waals surface area contributed by atoms with Gasteiger partial charge in [0.15, 0.2) is 0 Å². The molecular formula is C10H13KO. The van der Waals surface area contributed by atoms with Crippen LogP contribution in [0.25, 0.3) is 0 Å². The van der Waals surface area contributed by atoms with Gasteiger partial charge in [0.2, 0.25) is 0 Å². The number of hydrogen-bond acceptors (Lipinski definition) is 1. The molecule has 1 nitrogen and oxygen atoms in total. The molecule has 0 N–H and O–H groups in total. The number of hydrogen-bond donors (Lipinski definition) is 0. The normalized spacial score (nSPS) is 10.6. The smallest absolute Gasteiger partial charge is 0.872 e. The Kier molecular flexibility index (Phi) is 5.03. The Morgan fingerprint density at radius 2 is 1.42 bits per heavy atom. The minimum atomic E-state index is 0. The second-order valence-electron chi connectivity index (χ2n) is 3.77. The minimum Gasteiger partial charge on any atom is -0.872 e. The molecule has 0 saturated carbocycles. The van der Waals surface area contributed by atoms with Crippen LogP contribution in [-0.2, 0) is 5.41 Å². The maximum absolute atomic E-state index is 10.7. The summed E-state index contributed by atoms with van der Waals surface area (Å²) in [6.07, 6.45) is 0. The van der Waals surface area contributed by atoms with Crippen LogP contribution in [0.15, 0.2) is 24.3 Å². The van der Waals surface area contributed by atoms with Crippen LogP contribution in [0.1, 0.15) is 26.3 Å². The minimum absolute atomic E-state index is 0. The van der Waals surface area contributed by atoms with Crippen LogP contribution in [0.3, 0.4) is 0 Å². The molecule has 0 radical (unpaired) electrons. The van der Waals surface area contributed by atoms with Gasteiger partial charge in [-0.2, -0.15) is 0 Å². The first-order valence-electron chi connectivity index (χ1n) is 3.78. The quantitative estimate of drug-likeness (QED) is 0.482. The molecule has 0 aromatic heterocycles. The molecule has 12 heavy (non-hydrogen) atoms. The summed E-state index contributed by atoms with van der Waals surface area (Å²) in [5, 5.41) is 10.7. The zero-order valence-corrected chi connectivity index (χ0v) is 11.3. The Labute approximate surface area is 117 Å². The summed E-state index contributed by atoms with van der Waals surface area (Å²) in [5.74, 6) is 0.0815. The van der Waals surface area contributed by atoms with Crippen LogP contribution in [0.5, 0.6) is 5.75 Å². The molecule has 0 heterocycles. The average molecular weight is 188 g/mol. The van der Waals surface area contributed by atoms with Crippen molar-refractivity contribution in [2.45, 2.75) is 26.2 Å². The van der Waals surface area contributed by atoms with E-state index < -0.39 is 0 Å². The van der Waals surface area contributed by atoms with Crippen LogP contribution < -0.4 is 56.5 Å². The Balaban J connectivity index is 0.00000121. The van der Waals surface area contributed by atoms with Gasteiger partial charge >= 0.3 is 51.4 Å². The molecule has 0 atom stereocenters. The van der Waals surface area contributed by atoms with Gasteiger partial charge in [0.1, 0.15) is 0 Å². The summed E-state index contributed by atoms with van der Waals surface area (Å²) in [6.45, 7) is 6.40. The van der Waals surface area contributed by atoms with Gasteiger partial charge in [0.05, 0.1) is 0 Å². The van der Waals surface area contributed by atoms with Gasteiger partial charge in [-0.1, -0.05) is 45.0 Å². The van der Waals surface area contributed by atoms with E-state index in [0.717, 1.165) is 0 Å². The molecule has 0 saturated heterocycles. The fraction of sp³-hybridized carbons (Fsp3) is 0.400. The van der Waals surface area contributed by atoms with Gasteiger partial charge in [-0.05, 0) is 11.0 Å². The molecule has 0 amide bonds. The summed E-state index contributed by atoms with van der Waals surface area (Å²) in [6, 6.07) is 7.01. The van der Waals surface area contributed by atoms with Crippen molar-refractivity contribution in [3.63, 3.8) is 0 Å². The summed E-state index contributed by atoms with van der Waals surface area (Å²) < 4.78 is 0. The monoisotopic (exact) mass is 188 g/mol. The third-order valence-electron chi connectivity index (χ3n) is 1.72. The van der Waals surface area contributed by atoms with Gasteiger partial charge in [0.25, 0.3) is 0 Å². The second kappa shape index (κ2) is 4.77. The van der Waals surface area contributed by atoms with E-state index in [4.69, 9.17) is 0 Å². The molecule has 1 aromatic rings. The molecule has 2 heteroatoms. The van der Waals surface area contributed by atoms with Crippen molar-refractivity contribution >= 4 is 0 Å². The second-order valence-corrected chi connectivity index (χ2v) is 3.77. The third kappa shape index (κ3) is 3.58. The van der Waals surface area contributed by atoms with Crippen molar-refractivity contribution in [1.82, 2.24) is 0 Å². The van der Waals surface area contributed by atoms with Gasteiger partial charge < -0.3 is 5.11 Å². The van der Waals surface area contributed by atoms with Crippen LogP contribution in [0.2, 0.25) is 0 Å². The predicted octanol–water partition coefficient (Wildman–Crippen LogP) is -0.938. The molecule has 0 aliphatic carbocycles. The Hall–Kier alpha value is 0.656. The number of rotatable bonds is 0. The van der Waals surface area contributed by atoms with E-state index in [1.807, 2.05) is 12.1 Å². The SMILES string of the molecule is CC(C)(C)c1ccc([O-])cc1.[K+]. The molecular weight excluding hydrogens is 175 g/mol. The first-order valence-corrected chi connectivity index (χ1v) is 3.78. The van der Waals surface area contributed by atoms with Crippen molar-refractivity contribution in [2.75, 3.05) is 0 Å². The molecule has 0 fully saturated rings. The summed E-state index contributed by atoms with van der Waals surface area (Å²) in [5.41, 5.74) is 1.35. The maximum atomic E-state index is 10.7. The van der Waals surface area contributed by atoms with E-state index in [0.29, 0.717) is 0 Å². The summed E-state index contributed by atoms with van der Waals surface area (Å²) in [4.78, 5) is 0. The molecule has 60 valence electrons. The maximum Gasteiger partial charge on any atom is 1.00 e. The van der Waals surface area contributed by atoms with E-state index in [2.05, 4.69) is 20.8 Å². The van der Waals surface area contributed by atoms with Crippen LogP contribution in [0, 0.1) is 0 Å². The standard InChI is InChI=1S/C10H14O.K/c1-10(2,3)8-4-6-9(11)7-5-8;/h4-7,11H,1-3H3;/q;+1/p-1. The van der Waals surface area contributed by atoms with E-state index in [-0.39, 0.29) is 62.5 Å². The van der Waals surface area contributed by atoms with Crippen LogP contribution in [-0.4, -0.2) is 0 Å². The molecule has 1 rings (SSSR count). The fourth-order valence-corrected chi connectivity index (χ4v) is 0.955. The third-order valence-corrected chi connectivity index (χ3v) is 1.72. The Morgan fingerprint density at radius 3 is 1.75 bits per heavy atom. The van der Waals surface area contributed by atoms with Crippen molar-refractivity contribution in [2.24, 2.45) is 0 Å². The molecule has 0 spiro atoms. The van der Waals surface area contributed by atoms with Gasteiger partial charge in [-0.15, -0.1) is 5.75 Å². The zero-order valence-electron chi connectivity index (χ0n) is 8.22. The van der Waals surface area contributed by atoms with Crippen LogP contribution in [0.4, 0.5) is 0 Å². The van der Waals surface area contributed by atoms with Gasteiger partial charge in [-0.3, -0.25) is 0 Å². The Bertz CT molecular complexity index is 233. The molecule has 0 unspecified atom stereocenters. The van der Waals surface area contributed by atoms with Crippen molar-refractivity contribution in [3.8, 4) is 5.75 Å². The number of benzene rings is 1. The first-order chi connectivity index (χ1) is 5.00. The molecule has 0 aliphatic rings. The first kappa shape index (κ1) is 12.7. The van der Waals surface area contributed by atoms with E-state index in [1.54, 1.807) is 12.1 Å². The largest absolute Gasteiger partial charge is 1.00 e. The van der Waals surface area contributed by atoms with Gasteiger partial charge in [-0.25, -0.2) is 0 Å². The van der Waals surface area contributed by atoms with Crippen molar-refractivity contribution < 1.29 is 56.5 Å². The van der Waals surface area contributed by atoms with Crippen molar-refractivity contribution in [1.29, 1.82) is 0 Å². The summed E-state index contributed by atoms with van der Waals surface area (Å²) in [7, 11) is 0.